The lowest BCUT2D eigenvalue weighted by atomic mass is 10.4. The van der Waals surface area contributed by atoms with Crippen molar-refractivity contribution in [3.05, 3.63) is 21.9 Å². The molecule has 0 N–H and O–H groups in total. The fraction of sp³-hybridized carbons (Fsp3) is 0.250. The fourth-order valence-corrected chi connectivity index (χ4v) is 2.29. The molecule has 0 aliphatic carbocycles. The molecule has 0 saturated heterocycles. The summed E-state index contributed by atoms with van der Waals surface area (Å²) < 4.78 is 0.986. The summed E-state index contributed by atoms with van der Waals surface area (Å²) in [7, 11) is 0. The highest BCUT2D eigenvalue weighted by Crippen LogP contribution is 2.28. The molecule has 2 nitrogen and oxygen atoms in total. The molecule has 12 heavy (non-hydrogen) atoms. The molecule has 0 aromatic carbocycles. The van der Waals surface area contributed by atoms with Crippen LogP contribution in [0.3, 0.4) is 0 Å². The summed E-state index contributed by atoms with van der Waals surface area (Å²) in [5.74, 6) is 0.727. The Hall–Kier alpha value is -0.670. The molecule has 62 valence electrons. The first-order valence-electron chi connectivity index (χ1n) is 3.57. The molecule has 0 spiro atoms. The van der Waals surface area contributed by atoms with E-state index in [0.29, 0.717) is 5.15 Å². The maximum atomic E-state index is 5.93. The van der Waals surface area contributed by atoms with E-state index in [-0.39, 0.29) is 0 Å². The zero-order valence-corrected chi connectivity index (χ0v) is 8.33. The first-order valence-corrected chi connectivity index (χ1v) is 4.76. The lowest BCUT2D eigenvalue weighted by Gasteiger charge is -1.93. The molecule has 0 bridgehead atoms. The Labute approximate surface area is 79.2 Å². The van der Waals surface area contributed by atoms with Crippen molar-refractivity contribution >= 4 is 33.2 Å². The van der Waals surface area contributed by atoms with Gasteiger partial charge in [-0.15, -0.1) is 11.3 Å². The largest absolute Gasteiger partial charge is 0.232 e. The average molecular weight is 199 g/mol. The maximum absolute atomic E-state index is 5.93. The van der Waals surface area contributed by atoms with E-state index in [1.807, 2.05) is 19.9 Å². The van der Waals surface area contributed by atoms with Crippen LogP contribution in [0.5, 0.6) is 0 Å². The normalized spacial score (nSPS) is 10.9. The first-order chi connectivity index (χ1) is 5.66. The second kappa shape index (κ2) is 2.68. The van der Waals surface area contributed by atoms with Gasteiger partial charge in [0.2, 0.25) is 0 Å². The van der Waals surface area contributed by atoms with Crippen LogP contribution < -0.4 is 0 Å². The van der Waals surface area contributed by atoms with Crippen LogP contribution in [0.1, 0.15) is 10.7 Å². The minimum absolute atomic E-state index is 0.565. The number of halogens is 1. The van der Waals surface area contributed by atoms with Gasteiger partial charge in [-0.3, -0.25) is 0 Å². The monoisotopic (exact) mass is 198 g/mol. The highest BCUT2D eigenvalue weighted by molar-refractivity contribution is 7.19. The molecule has 0 amide bonds. The van der Waals surface area contributed by atoms with Crippen LogP contribution >= 0.6 is 22.9 Å². The zero-order chi connectivity index (χ0) is 8.72. The standard InChI is InChI=1S/C8H7ClN2S/c1-4-3-6-7(12-4)8(9)11-5(2)10-6/h3H,1-2H3. The molecule has 0 atom stereocenters. The number of aromatic nitrogens is 2. The van der Waals surface area contributed by atoms with E-state index in [1.54, 1.807) is 11.3 Å². The SMILES string of the molecule is Cc1nc(Cl)c2sc(C)cc2n1. The molecular weight excluding hydrogens is 192 g/mol. The average Bonchev–Trinajstić information content (AvgIpc) is 2.29. The van der Waals surface area contributed by atoms with E-state index in [0.717, 1.165) is 16.0 Å². The highest BCUT2D eigenvalue weighted by Gasteiger charge is 2.05. The molecule has 0 fully saturated rings. The third kappa shape index (κ3) is 1.19. The molecule has 0 aliphatic heterocycles. The van der Waals surface area contributed by atoms with Gasteiger partial charge in [-0.05, 0) is 19.9 Å². The second-order valence-electron chi connectivity index (χ2n) is 2.63. The number of nitrogens with zero attached hydrogens (tertiary/aromatic N) is 2. The number of hydrogen-bond acceptors (Lipinski definition) is 3. The van der Waals surface area contributed by atoms with Crippen molar-refractivity contribution in [2.45, 2.75) is 13.8 Å². The molecule has 2 heterocycles. The predicted octanol–water partition coefficient (Wildman–Crippen LogP) is 2.96. The maximum Gasteiger partial charge on any atom is 0.150 e. The van der Waals surface area contributed by atoms with Crippen molar-refractivity contribution in [2.24, 2.45) is 0 Å². The van der Waals surface area contributed by atoms with Gasteiger partial charge >= 0.3 is 0 Å². The summed E-state index contributed by atoms with van der Waals surface area (Å²) in [5.41, 5.74) is 0.954. The van der Waals surface area contributed by atoms with Gasteiger partial charge in [-0.2, -0.15) is 0 Å². The van der Waals surface area contributed by atoms with E-state index >= 15 is 0 Å². The number of hydrogen-bond donors (Lipinski definition) is 0. The third-order valence-corrected chi connectivity index (χ3v) is 3.00. The molecule has 4 heteroatoms. The Morgan fingerprint density at radius 2 is 2.08 bits per heavy atom. The summed E-state index contributed by atoms with van der Waals surface area (Å²) >= 11 is 7.57. The van der Waals surface area contributed by atoms with E-state index in [1.165, 1.54) is 4.88 Å². The Bertz CT molecular complexity index is 436. The number of fused-ring (bicyclic) bond motifs is 1. The van der Waals surface area contributed by atoms with Gasteiger partial charge in [0.1, 0.15) is 5.82 Å². The summed E-state index contributed by atoms with van der Waals surface area (Å²) in [6.07, 6.45) is 0. The van der Waals surface area contributed by atoms with Crippen LogP contribution in [0, 0.1) is 13.8 Å². The van der Waals surface area contributed by atoms with E-state index in [2.05, 4.69) is 9.97 Å². The van der Waals surface area contributed by atoms with Gasteiger partial charge in [0.05, 0.1) is 10.2 Å². The quantitative estimate of drug-likeness (QED) is 0.609. The van der Waals surface area contributed by atoms with E-state index in [9.17, 15) is 0 Å². The molecule has 0 radical (unpaired) electrons. The van der Waals surface area contributed by atoms with E-state index < -0.39 is 0 Å². The summed E-state index contributed by atoms with van der Waals surface area (Å²) in [6.45, 7) is 3.89. The van der Waals surface area contributed by atoms with Crippen molar-refractivity contribution in [1.82, 2.24) is 9.97 Å². The van der Waals surface area contributed by atoms with Gasteiger partial charge in [0.25, 0.3) is 0 Å². The van der Waals surface area contributed by atoms with Crippen molar-refractivity contribution in [1.29, 1.82) is 0 Å². The highest BCUT2D eigenvalue weighted by atomic mass is 35.5. The fourth-order valence-electron chi connectivity index (χ4n) is 1.12. The molecular formula is C8H7ClN2S. The zero-order valence-electron chi connectivity index (χ0n) is 6.76. The molecule has 2 aromatic heterocycles. The number of rotatable bonds is 0. The topological polar surface area (TPSA) is 25.8 Å². The summed E-state index contributed by atoms with van der Waals surface area (Å²) in [4.78, 5) is 9.57. The number of thiophene rings is 1. The first kappa shape index (κ1) is 7.95. The second-order valence-corrected chi connectivity index (χ2v) is 4.25. The molecule has 0 unspecified atom stereocenters. The molecule has 0 saturated carbocycles. The van der Waals surface area contributed by atoms with E-state index in [4.69, 9.17) is 11.6 Å². The van der Waals surface area contributed by atoms with Crippen LogP contribution in [-0.4, -0.2) is 9.97 Å². The predicted molar refractivity (Wildman–Crippen MR) is 51.9 cm³/mol. The van der Waals surface area contributed by atoms with Crippen molar-refractivity contribution in [2.75, 3.05) is 0 Å². The lowest BCUT2D eigenvalue weighted by Crippen LogP contribution is -1.86. The molecule has 2 aromatic rings. The molecule has 2 rings (SSSR count). The molecule has 0 aliphatic rings. The van der Waals surface area contributed by atoms with Crippen LogP contribution in [0.25, 0.3) is 10.2 Å². The Morgan fingerprint density at radius 3 is 2.83 bits per heavy atom. The van der Waals surface area contributed by atoms with Crippen LogP contribution in [0.4, 0.5) is 0 Å². The van der Waals surface area contributed by atoms with Crippen LogP contribution in [0.2, 0.25) is 5.15 Å². The van der Waals surface area contributed by atoms with Gasteiger partial charge < -0.3 is 0 Å². The number of aryl methyl sites for hydroxylation is 2. The van der Waals surface area contributed by atoms with Crippen LogP contribution in [-0.2, 0) is 0 Å². The van der Waals surface area contributed by atoms with Gasteiger partial charge in [0, 0.05) is 4.88 Å². The van der Waals surface area contributed by atoms with Gasteiger partial charge in [-0.1, -0.05) is 11.6 Å². The Morgan fingerprint density at radius 1 is 1.33 bits per heavy atom. The Kier molecular flexibility index (Phi) is 1.77. The van der Waals surface area contributed by atoms with Gasteiger partial charge in [-0.25, -0.2) is 9.97 Å². The van der Waals surface area contributed by atoms with Crippen molar-refractivity contribution < 1.29 is 0 Å². The smallest absolute Gasteiger partial charge is 0.150 e. The minimum Gasteiger partial charge on any atom is -0.232 e. The van der Waals surface area contributed by atoms with Crippen molar-refractivity contribution in [3.8, 4) is 0 Å². The van der Waals surface area contributed by atoms with Crippen LogP contribution in [0.15, 0.2) is 6.07 Å². The van der Waals surface area contributed by atoms with Gasteiger partial charge in [0.15, 0.2) is 5.15 Å². The Balaban J connectivity index is 2.88. The minimum atomic E-state index is 0.565. The van der Waals surface area contributed by atoms with Crippen molar-refractivity contribution in [3.63, 3.8) is 0 Å². The lowest BCUT2D eigenvalue weighted by molar-refractivity contribution is 1.10. The summed E-state index contributed by atoms with van der Waals surface area (Å²) in [6, 6.07) is 2.03. The third-order valence-electron chi connectivity index (χ3n) is 1.57. The summed E-state index contributed by atoms with van der Waals surface area (Å²) in [5, 5.41) is 0.565.